The van der Waals surface area contributed by atoms with Crippen LogP contribution in [0.5, 0.6) is 0 Å². The highest BCUT2D eigenvalue weighted by Crippen LogP contribution is 2.08. The molecule has 0 aromatic heterocycles. The predicted molar refractivity (Wildman–Crippen MR) is 62.1 cm³/mol. The first-order valence-corrected chi connectivity index (χ1v) is 6.09. The molecule has 0 radical (unpaired) electrons. The molecule has 0 rings (SSSR count). The maximum atomic E-state index is 11.3. The van der Waals surface area contributed by atoms with Crippen molar-refractivity contribution in [2.75, 3.05) is 5.75 Å². The standard InChI is InChI=1S/C10H19NO3S/c1-7(2)15-6-9(12)11-8(3)4-5-10(13)14/h7-8H,4-6H2,1-3H3,(H,11,12)(H,13,14). The molecule has 5 heteroatoms. The van der Waals surface area contributed by atoms with Crippen LogP contribution in [-0.4, -0.2) is 34.0 Å². The van der Waals surface area contributed by atoms with E-state index in [0.29, 0.717) is 17.4 Å². The molecule has 0 heterocycles. The minimum absolute atomic E-state index is 0.0217. The molecular weight excluding hydrogens is 214 g/mol. The third-order valence-electron chi connectivity index (χ3n) is 1.75. The van der Waals surface area contributed by atoms with Gasteiger partial charge in [-0.2, -0.15) is 0 Å². The van der Waals surface area contributed by atoms with E-state index in [2.05, 4.69) is 5.32 Å². The van der Waals surface area contributed by atoms with Gasteiger partial charge in [0.05, 0.1) is 5.75 Å². The molecule has 0 spiro atoms. The molecule has 0 bridgehead atoms. The summed E-state index contributed by atoms with van der Waals surface area (Å²) < 4.78 is 0. The number of thioether (sulfide) groups is 1. The third kappa shape index (κ3) is 9.59. The van der Waals surface area contributed by atoms with Gasteiger partial charge >= 0.3 is 5.97 Å². The summed E-state index contributed by atoms with van der Waals surface area (Å²) in [5, 5.41) is 11.7. The van der Waals surface area contributed by atoms with Crippen LogP contribution in [-0.2, 0) is 9.59 Å². The van der Waals surface area contributed by atoms with Crippen LogP contribution < -0.4 is 5.32 Å². The molecule has 0 saturated carbocycles. The Morgan fingerprint density at radius 3 is 2.40 bits per heavy atom. The molecule has 1 atom stereocenters. The summed E-state index contributed by atoms with van der Waals surface area (Å²) in [5.41, 5.74) is 0. The normalized spacial score (nSPS) is 12.5. The van der Waals surface area contributed by atoms with E-state index in [1.54, 1.807) is 11.8 Å². The first-order valence-electron chi connectivity index (χ1n) is 5.04. The SMILES string of the molecule is CC(CCC(=O)O)NC(=O)CSC(C)C. The van der Waals surface area contributed by atoms with Crippen LogP contribution in [0.2, 0.25) is 0 Å². The van der Waals surface area contributed by atoms with Gasteiger partial charge in [-0.1, -0.05) is 13.8 Å². The minimum Gasteiger partial charge on any atom is -0.481 e. The largest absolute Gasteiger partial charge is 0.481 e. The molecule has 15 heavy (non-hydrogen) atoms. The van der Waals surface area contributed by atoms with E-state index in [9.17, 15) is 9.59 Å². The van der Waals surface area contributed by atoms with Gasteiger partial charge in [0.2, 0.25) is 5.91 Å². The van der Waals surface area contributed by atoms with Crippen molar-refractivity contribution in [1.82, 2.24) is 5.32 Å². The number of amides is 1. The number of carboxylic acids is 1. The van der Waals surface area contributed by atoms with Gasteiger partial charge in [0.1, 0.15) is 0 Å². The molecule has 88 valence electrons. The number of hydrogen-bond donors (Lipinski definition) is 2. The van der Waals surface area contributed by atoms with Crippen molar-refractivity contribution in [1.29, 1.82) is 0 Å². The molecule has 2 N–H and O–H groups in total. The maximum Gasteiger partial charge on any atom is 0.303 e. The Hall–Kier alpha value is -0.710. The first-order chi connectivity index (χ1) is 6.91. The maximum absolute atomic E-state index is 11.3. The summed E-state index contributed by atoms with van der Waals surface area (Å²) in [6, 6.07) is -0.0682. The lowest BCUT2D eigenvalue weighted by molar-refractivity contribution is -0.137. The Morgan fingerprint density at radius 1 is 1.33 bits per heavy atom. The molecular formula is C10H19NO3S. The zero-order chi connectivity index (χ0) is 11.8. The number of aliphatic carboxylic acids is 1. The van der Waals surface area contributed by atoms with Crippen molar-refractivity contribution in [3.05, 3.63) is 0 Å². The number of rotatable bonds is 7. The van der Waals surface area contributed by atoms with E-state index < -0.39 is 5.97 Å². The van der Waals surface area contributed by atoms with Crippen molar-refractivity contribution in [2.45, 2.75) is 44.9 Å². The van der Waals surface area contributed by atoms with Gasteiger partial charge in [-0.15, -0.1) is 11.8 Å². The highest BCUT2D eigenvalue weighted by molar-refractivity contribution is 8.00. The molecule has 0 aromatic carbocycles. The quantitative estimate of drug-likeness (QED) is 0.699. The van der Waals surface area contributed by atoms with Crippen LogP contribution in [0.1, 0.15) is 33.6 Å². The molecule has 1 amide bonds. The number of carbonyl (C=O) groups excluding carboxylic acids is 1. The van der Waals surface area contributed by atoms with Gasteiger partial charge in [0.15, 0.2) is 0 Å². The number of carbonyl (C=O) groups is 2. The fourth-order valence-electron chi connectivity index (χ4n) is 0.971. The van der Waals surface area contributed by atoms with Crippen molar-refractivity contribution < 1.29 is 14.7 Å². The van der Waals surface area contributed by atoms with Crippen LogP contribution in [0.15, 0.2) is 0 Å². The van der Waals surface area contributed by atoms with Gasteiger partial charge in [-0.05, 0) is 18.6 Å². The fourth-order valence-corrected chi connectivity index (χ4v) is 1.54. The Bertz CT molecular complexity index is 219. The predicted octanol–water partition coefficient (Wildman–Crippen LogP) is 1.50. The average molecular weight is 233 g/mol. The minimum atomic E-state index is -0.826. The Morgan fingerprint density at radius 2 is 1.93 bits per heavy atom. The smallest absolute Gasteiger partial charge is 0.303 e. The van der Waals surface area contributed by atoms with Gasteiger partial charge in [0, 0.05) is 12.5 Å². The lowest BCUT2D eigenvalue weighted by Crippen LogP contribution is -2.34. The van der Waals surface area contributed by atoms with Gasteiger partial charge in [-0.3, -0.25) is 9.59 Å². The molecule has 0 aliphatic heterocycles. The molecule has 0 fully saturated rings. The average Bonchev–Trinajstić information content (AvgIpc) is 2.11. The number of nitrogens with one attached hydrogen (secondary N) is 1. The molecule has 4 nitrogen and oxygen atoms in total. The van der Waals surface area contributed by atoms with E-state index in [1.807, 2.05) is 20.8 Å². The van der Waals surface area contributed by atoms with Crippen LogP contribution >= 0.6 is 11.8 Å². The molecule has 0 aliphatic rings. The second kappa shape index (κ2) is 7.56. The second-order valence-electron chi connectivity index (χ2n) is 3.76. The van der Waals surface area contributed by atoms with Gasteiger partial charge in [0.25, 0.3) is 0 Å². The Balaban J connectivity index is 3.62. The van der Waals surface area contributed by atoms with Crippen molar-refractivity contribution in [2.24, 2.45) is 0 Å². The van der Waals surface area contributed by atoms with E-state index in [0.717, 1.165) is 0 Å². The number of hydrogen-bond acceptors (Lipinski definition) is 3. The van der Waals surface area contributed by atoms with Crippen LogP contribution in [0.4, 0.5) is 0 Å². The Kier molecular flexibility index (Phi) is 7.21. The summed E-state index contributed by atoms with van der Waals surface area (Å²) >= 11 is 1.58. The molecule has 0 saturated heterocycles. The summed E-state index contributed by atoms with van der Waals surface area (Å²) in [5.74, 6) is -0.408. The van der Waals surface area contributed by atoms with Crippen molar-refractivity contribution >= 4 is 23.6 Å². The molecule has 1 unspecified atom stereocenters. The number of carboxylic acid groups (broad SMARTS) is 1. The summed E-state index contributed by atoms with van der Waals surface area (Å²) in [6.07, 6.45) is 0.576. The summed E-state index contributed by atoms with van der Waals surface area (Å²) in [4.78, 5) is 21.6. The van der Waals surface area contributed by atoms with Crippen LogP contribution in [0, 0.1) is 0 Å². The first kappa shape index (κ1) is 14.3. The third-order valence-corrected chi connectivity index (χ3v) is 2.84. The van der Waals surface area contributed by atoms with E-state index in [1.165, 1.54) is 0 Å². The van der Waals surface area contributed by atoms with Crippen LogP contribution in [0.3, 0.4) is 0 Å². The highest BCUT2D eigenvalue weighted by Gasteiger charge is 2.09. The van der Waals surface area contributed by atoms with Gasteiger partial charge in [-0.25, -0.2) is 0 Å². The van der Waals surface area contributed by atoms with Crippen molar-refractivity contribution in [3.63, 3.8) is 0 Å². The zero-order valence-corrected chi connectivity index (χ0v) is 10.3. The van der Waals surface area contributed by atoms with Gasteiger partial charge < -0.3 is 10.4 Å². The van der Waals surface area contributed by atoms with E-state index in [-0.39, 0.29) is 18.4 Å². The monoisotopic (exact) mass is 233 g/mol. The molecule has 0 aliphatic carbocycles. The van der Waals surface area contributed by atoms with Crippen LogP contribution in [0.25, 0.3) is 0 Å². The van der Waals surface area contributed by atoms with E-state index in [4.69, 9.17) is 5.11 Å². The summed E-state index contributed by atoms with van der Waals surface area (Å²) in [6.45, 7) is 5.89. The topological polar surface area (TPSA) is 66.4 Å². The van der Waals surface area contributed by atoms with E-state index >= 15 is 0 Å². The van der Waals surface area contributed by atoms with Crippen molar-refractivity contribution in [3.8, 4) is 0 Å². The fraction of sp³-hybridized carbons (Fsp3) is 0.800. The Labute approximate surface area is 94.8 Å². The lowest BCUT2D eigenvalue weighted by atomic mass is 10.2. The molecule has 0 aromatic rings. The zero-order valence-electron chi connectivity index (χ0n) is 9.45. The highest BCUT2D eigenvalue weighted by atomic mass is 32.2. The summed E-state index contributed by atoms with van der Waals surface area (Å²) in [7, 11) is 0. The second-order valence-corrected chi connectivity index (χ2v) is 5.33. The lowest BCUT2D eigenvalue weighted by Gasteiger charge is -2.13.